The molecule has 0 saturated carbocycles. The summed E-state index contributed by atoms with van der Waals surface area (Å²) in [6.07, 6.45) is 0. The predicted octanol–water partition coefficient (Wildman–Crippen LogP) is 3.67. The lowest BCUT2D eigenvalue weighted by atomic mass is 9.91. The Labute approximate surface area is 171 Å². The molecule has 28 heavy (non-hydrogen) atoms. The lowest BCUT2D eigenvalue weighted by Gasteiger charge is -2.17. The molecule has 6 nitrogen and oxygen atoms in total. The molecule has 1 heterocycles. The van der Waals surface area contributed by atoms with Crippen LogP contribution in [0, 0.1) is 0 Å². The number of halogens is 1. The fraction of sp³-hybridized carbons (Fsp3) is 0.300. The van der Waals surface area contributed by atoms with Crippen molar-refractivity contribution in [1.29, 1.82) is 0 Å². The van der Waals surface area contributed by atoms with E-state index in [4.69, 9.17) is 11.6 Å². The molecule has 2 aromatic rings. The Hall–Kier alpha value is -2.22. The lowest BCUT2D eigenvalue weighted by molar-refractivity contribution is 0.443. The highest BCUT2D eigenvalue weighted by molar-refractivity contribution is 7.88. The van der Waals surface area contributed by atoms with Crippen molar-refractivity contribution < 1.29 is 8.42 Å². The van der Waals surface area contributed by atoms with Crippen LogP contribution in [-0.4, -0.2) is 48.4 Å². The van der Waals surface area contributed by atoms with Gasteiger partial charge in [-0.3, -0.25) is 0 Å². The van der Waals surface area contributed by atoms with Gasteiger partial charge in [0.15, 0.2) is 0 Å². The van der Waals surface area contributed by atoms with Gasteiger partial charge in [0.2, 0.25) is 5.29 Å². The highest BCUT2D eigenvalue weighted by Gasteiger charge is 2.32. The highest BCUT2D eigenvalue weighted by atomic mass is 35.5. The minimum absolute atomic E-state index is 0.0382. The number of rotatable bonds is 6. The first-order valence-corrected chi connectivity index (χ1v) is 11.0. The van der Waals surface area contributed by atoms with E-state index in [9.17, 15) is 8.42 Å². The van der Waals surface area contributed by atoms with Gasteiger partial charge in [-0.05, 0) is 22.7 Å². The molecule has 8 heteroatoms. The van der Waals surface area contributed by atoms with Gasteiger partial charge in [0.25, 0.3) is 0 Å². The summed E-state index contributed by atoms with van der Waals surface area (Å²) in [5.41, 5.74) is 2.89. The molecule has 1 atom stereocenters. The second-order valence-electron chi connectivity index (χ2n) is 6.32. The van der Waals surface area contributed by atoms with E-state index < -0.39 is 10.2 Å². The van der Waals surface area contributed by atoms with E-state index >= 15 is 0 Å². The van der Waals surface area contributed by atoms with Crippen molar-refractivity contribution in [3.63, 3.8) is 0 Å². The van der Waals surface area contributed by atoms with Crippen molar-refractivity contribution in [2.45, 2.75) is 19.8 Å². The summed E-state index contributed by atoms with van der Waals surface area (Å²) >= 11 is 6.30. The van der Waals surface area contributed by atoms with E-state index in [1.807, 2.05) is 60.7 Å². The standard InChI is InChI=1S/C20H23ClN4O2S/c1-3-24(4-2)28(26,27)23-20(21)25-15-18(16-11-7-5-8-12-16)19(22-25)17-13-9-6-10-14-17/h5-14,18H,3-4,15H2,1-2H3. The summed E-state index contributed by atoms with van der Waals surface area (Å²) in [5.74, 6) is -0.0382. The van der Waals surface area contributed by atoms with Crippen LogP contribution in [-0.2, 0) is 10.2 Å². The van der Waals surface area contributed by atoms with Gasteiger partial charge < -0.3 is 0 Å². The van der Waals surface area contributed by atoms with Gasteiger partial charge in [-0.1, -0.05) is 74.5 Å². The van der Waals surface area contributed by atoms with Gasteiger partial charge in [0.05, 0.1) is 12.3 Å². The molecule has 0 aromatic heterocycles. The number of hydrazone groups is 1. The molecule has 1 aliphatic rings. The molecular weight excluding hydrogens is 396 g/mol. The van der Waals surface area contributed by atoms with Crippen LogP contribution in [0.5, 0.6) is 0 Å². The molecule has 1 aliphatic heterocycles. The van der Waals surface area contributed by atoms with Crippen LogP contribution in [0.15, 0.2) is 70.2 Å². The fourth-order valence-electron chi connectivity index (χ4n) is 3.18. The second-order valence-corrected chi connectivity index (χ2v) is 8.25. The third-order valence-corrected chi connectivity index (χ3v) is 6.57. The summed E-state index contributed by atoms with van der Waals surface area (Å²) in [5, 5.41) is 5.92. The number of nitrogens with zero attached hydrogens (tertiary/aromatic N) is 4. The summed E-state index contributed by atoms with van der Waals surface area (Å²) in [6.45, 7) is 4.61. The molecule has 0 aliphatic carbocycles. The van der Waals surface area contributed by atoms with Gasteiger partial charge in [0, 0.05) is 19.0 Å². The van der Waals surface area contributed by atoms with Crippen LogP contribution in [0.4, 0.5) is 0 Å². The maximum atomic E-state index is 12.4. The number of amidine groups is 1. The van der Waals surface area contributed by atoms with Gasteiger partial charge in [0.1, 0.15) is 0 Å². The smallest absolute Gasteiger partial charge is 0.236 e. The molecule has 0 bridgehead atoms. The van der Waals surface area contributed by atoms with Crippen molar-refractivity contribution >= 4 is 32.8 Å². The molecule has 1 unspecified atom stereocenters. The van der Waals surface area contributed by atoms with Gasteiger partial charge in [-0.25, -0.2) is 5.01 Å². The van der Waals surface area contributed by atoms with Gasteiger partial charge in [-0.2, -0.15) is 17.8 Å². The third kappa shape index (κ3) is 4.43. The van der Waals surface area contributed by atoms with Crippen LogP contribution in [0.25, 0.3) is 0 Å². The monoisotopic (exact) mass is 418 g/mol. The number of hydrogen-bond donors (Lipinski definition) is 0. The van der Waals surface area contributed by atoms with Crippen molar-refractivity contribution in [3.05, 3.63) is 71.8 Å². The predicted molar refractivity (Wildman–Crippen MR) is 114 cm³/mol. The molecule has 0 N–H and O–H groups in total. The Morgan fingerprint density at radius 1 is 1.11 bits per heavy atom. The maximum Gasteiger partial charge on any atom is 0.325 e. The van der Waals surface area contributed by atoms with Crippen LogP contribution < -0.4 is 0 Å². The Kier molecular flexibility index (Phi) is 6.49. The Morgan fingerprint density at radius 2 is 1.68 bits per heavy atom. The summed E-state index contributed by atoms with van der Waals surface area (Å²) in [7, 11) is -3.84. The normalized spacial score (nSPS) is 17.9. The van der Waals surface area contributed by atoms with Crippen molar-refractivity contribution in [2.75, 3.05) is 19.6 Å². The molecule has 0 spiro atoms. The van der Waals surface area contributed by atoms with Gasteiger partial charge >= 0.3 is 10.2 Å². The van der Waals surface area contributed by atoms with Gasteiger partial charge in [-0.15, -0.1) is 4.40 Å². The summed E-state index contributed by atoms with van der Waals surface area (Å²) < 4.78 is 29.9. The zero-order chi connectivity index (χ0) is 20.1. The van der Waals surface area contributed by atoms with Crippen LogP contribution in [0.1, 0.15) is 30.9 Å². The summed E-state index contributed by atoms with van der Waals surface area (Å²) in [6, 6.07) is 19.8. The van der Waals surface area contributed by atoms with E-state index in [1.165, 1.54) is 9.31 Å². The molecule has 0 amide bonds. The Morgan fingerprint density at radius 3 is 2.25 bits per heavy atom. The average Bonchev–Trinajstić information content (AvgIpc) is 3.15. The van der Waals surface area contributed by atoms with E-state index in [0.29, 0.717) is 19.6 Å². The van der Waals surface area contributed by atoms with Crippen molar-refractivity contribution in [2.24, 2.45) is 9.50 Å². The zero-order valence-corrected chi connectivity index (χ0v) is 17.4. The van der Waals surface area contributed by atoms with E-state index in [1.54, 1.807) is 13.8 Å². The number of hydrogen-bond acceptors (Lipinski definition) is 3. The maximum absolute atomic E-state index is 12.4. The van der Waals surface area contributed by atoms with Crippen LogP contribution in [0.3, 0.4) is 0 Å². The second kappa shape index (κ2) is 8.86. The van der Waals surface area contributed by atoms with Crippen molar-refractivity contribution in [1.82, 2.24) is 9.31 Å². The molecule has 0 radical (unpaired) electrons. The van der Waals surface area contributed by atoms with Crippen molar-refractivity contribution in [3.8, 4) is 0 Å². The fourth-order valence-corrected chi connectivity index (χ4v) is 4.60. The molecule has 3 rings (SSSR count). The molecule has 148 valence electrons. The first-order chi connectivity index (χ1) is 13.5. The largest absolute Gasteiger partial charge is 0.325 e. The average molecular weight is 419 g/mol. The third-order valence-electron chi connectivity index (χ3n) is 4.62. The minimum atomic E-state index is -3.84. The van der Waals surface area contributed by atoms with E-state index in [0.717, 1.165) is 16.8 Å². The molecular formula is C20H23ClN4O2S. The SMILES string of the molecule is CCN(CC)S(=O)(=O)N=C(Cl)N1CC(c2ccccc2)C(c2ccccc2)=N1. The van der Waals surface area contributed by atoms with Crippen LogP contribution in [0.2, 0.25) is 0 Å². The quantitative estimate of drug-likeness (QED) is 0.408. The molecule has 2 aromatic carbocycles. The van der Waals surface area contributed by atoms with E-state index in [-0.39, 0.29) is 11.2 Å². The first-order valence-electron chi connectivity index (χ1n) is 9.18. The summed E-state index contributed by atoms with van der Waals surface area (Å²) in [4.78, 5) is 0. The first kappa shape index (κ1) is 20.5. The zero-order valence-electron chi connectivity index (χ0n) is 15.9. The molecule has 0 fully saturated rings. The Bertz CT molecular complexity index is 958. The van der Waals surface area contributed by atoms with Crippen LogP contribution >= 0.6 is 11.6 Å². The topological polar surface area (TPSA) is 65.3 Å². The lowest BCUT2D eigenvalue weighted by Crippen LogP contribution is -2.31. The Balaban J connectivity index is 1.97. The molecule has 0 saturated heterocycles. The highest BCUT2D eigenvalue weighted by Crippen LogP contribution is 2.29. The number of benzene rings is 2. The van der Waals surface area contributed by atoms with E-state index in [2.05, 4.69) is 9.50 Å². The minimum Gasteiger partial charge on any atom is -0.236 e.